The van der Waals surface area contributed by atoms with E-state index in [0.717, 1.165) is 18.4 Å². The Morgan fingerprint density at radius 1 is 1.50 bits per heavy atom. The Morgan fingerprint density at radius 2 is 2.17 bits per heavy atom. The average molecular weight is 166 g/mol. The van der Waals surface area contributed by atoms with Gasteiger partial charge in [-0.15, -0.1) is 6.42 Å². The first-order valence-electron chi connectivity index (χ1n) is 4.54. The van der Waals surface area contributed by atoms with E-state index in [-0.39, 0.29) is 0 Å². The summed E-state index contributed by atoms with van der Waals surface area (Å²) in [5.74, 6) is 2.26. The van der Waals surface area contributed by atoms with E-state index in [1.807, 2.05) is 0 Å². The number of unbranched alkanes of at least 4 members (excludes halogenated alkanes) is 3. The first-order valence-corrected chi connectivity index (χ1v) is 4.54. The molecule has 1 atom stereocenters. The molecule has 0 radical (unpaired) electrons. The van der Waals surface area contributed by atoms with Crippen molar-refractivity contribution in [1.29, 1.82) is 0 Å². The summed E-state index contributed by atoms with van der Waals surface area (Å²) in [5, 5.41) is 9.15. The van der Waals surface area contributed by atoms with Crippen LogP contribution in [0.1, 0.15) is 39.0 Å². The lowest BCUT2D eigenvalue weighted by Crippen LogP contribution is -2.05. The second kappa shape index (κ2) is 6.94. The highest BCUT2D eigenvalue weighted by molar-refractivity contribution is 5.14. The Morgan fingerprint density at radius 3 is 2.67 bits per heavy atom. The minimum Gasteiger partial charge on any atom is -0.376 e. The van der Waals surface area contributed by atoms with Crippen molar-refractivity contribution in [3.63, 3.8) is 0 Å². The highest BCUT2D eigenvalue weighted by atomic mass is 16.3. The van der Waals surface area contributed by atoms with Gasteiger partial charge in [-0.1, -0.05) is 38.7 Å². The molecule has 1 nitrogen and oxygen atoms in total. The average Bonchev–Trinajstić information content (AvgIpc) is 2.10. The topological polar surface area (TPSA) is 20.2 Å². The first-order chi connectivity index (χ1) is 5.72. The maximum atomic E-state index is 9.15. The van der Waals surface area contributed by atoms with Crippen LogP contribution in [-0.2, 0) is 0 Å². The van der Waals surface area contributed by atoms with Crippen molar-refractivity contribution in [3.8, 4) is 12.3 Å². The first kappa shape index (κ1) is 11.3. The maximum Gasteiger partial charge on any atom is 0.135 e. The largest absolute Gasteiger partial charge is 0.376 e. The molecule has 0 aromatic heterocycles. The second-order valence-electron chi connectivity index (χ2n) is 3.04. The lowest BCUT2D eigenvalue weighted by Gasteiger charge is -2.06. The summed E-state index contributed by atoms with van der Waals surface area (Å²) in [6.45, 7) is 5.90. The van der Waals surface area contributed by atoms with Crippen LogP contribution in [0.2, 0.25) is 0 Å². The number of aliphatic hydroxyl groups excluding tert-OH is 1. The van der Waals surface area contributed by atoms with Crippen LogP contribution in [0, 0.1) is 12.3 Å². The third-order valence-corrected chi connectivity index (χ3v) is 1.90. The minimum absolute atomic E-state index is 0.744. The standard InChI is InChI=1S/C11H18O/c1-4-6-7-8-9-10(3)11(12)5-2/h2,11-12H,3-4,6-9H2,1H3. The second-order valence-corrected chi connectivity index (χ2v) is 3.04. The summed E-state index contributed by atoms with van der Waals surface area (Å²) in [5.41, 5.74) is 0.772. The molecule has 0 aliphatic heterocycles. The van der Waals surface area contributed by atoms with Gasteiger partial charge in [0, 0.05) is 0 Å². The number of terminal acetylenes is 1. The summed E-state index contributed by atoms with van der Waals surface area (Å²) in [4.78, 5) is 0. The fraction of sp³-hybridized carbons (Fsp3) is 0.636. The van der Waals surface area contributed by atoms with Gasteiger partial charge in [-0.2, -0.15) is 0 Å². The van der Waals surface area contributed by atoms with E-state index in [1.165, 1.54) is 19.3 Å². The molecule has 1 heteroatoms. The molecule has 0 aliphatic rings. The molecule has 0 rings (SSSR count). The van der Waals surface area contributed by atoms with Crippen LogP contribution in [0.15, 0.2) is 12.2 Å². The number of aliphatic hydroxyl groups is 1. The molecule has 1 unspecified atom stereocenters. The van der Waals surface area contributed by atoms with Crippen LogP contribution in [0.4, 0.5) is 0 Å². The van der Waals surface area contributed by atoms with Gasteiger partial charge in [0.2, 0.25) is 0 Å². The highest BCUT2D eigenvalue weighted by Gasteiger charge is 2.02. The normalized spacial score (nSPS) is 12.1. The molecule has 0 aliphatic carbocycles. The van der Waals surface area contributed by atoms with E-state index in [0.29, 0.717) is 0 Å². The zero-order valence-electron chi connectivity index (χ0n) is 7.84. The van der Waals surface area contributed by atoms with Crippen LogP contribution < -0.4 is 0 Å². The molecule has 68 valence electrons. The molecular formula is C11H18O. The van der Waals surface area contributed by atoms with Crippen LogP contribution in [0.3, 0.4) is 0 Å². The molecule has 0 aromatic carbocycles. The van der Waals surface area contributed by atoms with Crippen molar-refractivity contribution in [2.24, 2.45) is 0 Å². The van der Waals surface area contributed by atoms with Crippen molar-refractivity contribution in [2.45, 2.75) is 45.1 Å². The zero-order valence-corrected chi connectivity index (χ0v) is 7.84. The summed E-state index contributed by atoms with van der Waals surface area (Å²) >= 11 is 0. The van der Waals surface area contributed by atoms with Crippen LogP contribution in [0.5, 0.6) is 0 Å². The van der Waals surface area contributed by atoms with Crippen LogP contribution in [-0.4, -0.2) is 11.2 Å². The molecule has 0 aromatic rings. The molecule has 0 heterocycles. The molecule has 1 N–H and O–H groups in total. The van der Waals surface area contributed by atoms with Gasteiger partial charge in [-0.3, -0.25) is 0 Å². The molecule has 0 saturated heterocycles. The van der Waals surface area contributed by atoms with E-state index in [2.05, 4.69) is 19.4 Å². The van der Waals surface area contributed by atoms with Gasteiger partial charge in [-0.25, -0.2) is 0 Å². The molecule has 0 saturated carbocycles. The van der Waals surface area contributed by atoms with Gasteiger partial charge >= 0.3 is 0 Å². The molecule has 12 heavy (non-hydrogen) atoms. The minimum atomic E-state index is -0.744. The van der Waals surface area contributed by atoms with Gasteiger partial charge in [0.1, 0.15) is 6.10 Å². The van der Waals surface area contributed by atoms with Gasteiger partial charge in [0.25, 0.3) is 0 Å². The van der Waals surface area contributed by atoms with Gasteiger partial charge in [0.05, 0.1) is 0 Å². The van der Waals surface area contributed by atoms with Gasteiger partial charge in [0.15, 0.2) is 0 Å². The number of hydrogen-bond donors (Lipinski definition) is 1. The Labute approximate surface area is 75.5 Å². The Bertz CT molecular complexity index is 164. The van der Waals surface area contributed by atoms with Crippen molar-refractivity contribution < 1.29 is 5.11 Å². The number of hydrogen-bond acceptors (Lipinski definition) is 1. The Balaban J connectivity index is 3.39. The molecule has 0 bridgehead atoms. The van der Waals surface area contributed by atoms with Crippen molar-refractivity contribution in [2.75, 3.05) is 0 Å². The fourth-order valence-electron chi connectivity index (χ4n) is 1.03. The Hall–Kier alpha value is -0.740. The van der Waals surface area contributed by atoms with E-state index >= 15 is 0 Å². The molecule has 0 fully saturated rings. The van der Waals surface area contributed by atoms with Crippen molar-refractivity contribution >= 4 is 0 Å². The van der Waals surface area contributed by atoms with Gasteiger partial charge < -0.3 is 5.11 Å². The molecular weight excluding hydrogens is 148 g/mol. The maximum absolute atomic E-state index is 9.15. The molecule has 0 amide bonds. The van der Waals surface area contributed by atoms with E-state index in [1.54, 1.807) is 0 Å². The lowest BCUT2D eigenvalue weighted by atomic mass is 10.0. The summed E-state index contributed by atoms with van der Waals surface area (Å²) in [6, 6.07) is 0. The van der Waals surface area contributed by atoms with Crippen LogP contribution >= 0.6 is 0 Å². The summed E-state index contributed by atoms with van der Waals surface area (Å²) in [6.07, 6.45) is 9.92. The monoisotopic (exact) mass is 166 g/mol. The Kier molecular flexibility index (Phi) is 6.51. The van der Waals surface area contributed by atoms with Crippen molar-refractivity contribution in [3.05, 3.63) is 12.2 Å². The van der Waals surface area contributed by atoms with E-state index < -0.39 is 6.10 Å². The summed E-state index contributed by atoms with van der Waals surface area (Å²) < 4.78 is 0. The quantitative estimate of drug-likeness (QED) is 0.365. The smallest absolute Gasteiger partial charge is 0.135 e. The third kappa shape index (κ3) is 4.98. The van der Waals surface area contributed by atoms with Crippen molar-refractivity contribution in [1.82, 2.24) is 0 Å². The van der Waals surface area contributed by atoms with Gasteiger partial charge in [-0.05, 0) is 18.4 Å². The van der Waals surface area contributed by atoms with Crippen LogP contribution in [0.25, 0.3) is 0 Å². The SMILES string of the molecule is C#CC(O)C(=C)CCCCCC. The van der Waals surface area contributed by atoms with E-state index in [9.17, 15) is 0 Å². The third-order valence-electron chi connectivity index (χ3n) is 1.90. The predicted octanol–water partition coefficient (Wildman–Crippen LogP) is 2.51. The zero-order chi connectivity index (χ0) is 9.40. The summed E-state index contributed by atoms with van der Waals surface area (Å²) in [7, 11) is 0. The predicted molar refractivity (Wildman–Crippen MR) is 52.7 cm³/mol. The highest BCUT2D eigenvalue weighted by Crippen LogP contribution is 2.11. The number of rotatable bonds is 6. The van der Waals surface area contributed by atoms with E-state index in [4.69, 9.17) is 11.5 Å². The lowest BCUT2D eigenvalue weighted by molar-refractivity contribution is 0.263. The molecule has 0 spiro atoms. The fourth-order valence-corrected chi connectivity index (χ4v) is 1.03.